The summed E-state index contributed by atoms with van der Waals surface area (Å²) < 4.78 is 8.04. The largest absolute Gasteiger partial charge is 0.440 e. The van der Waals surface area contributed by atoms with Crippen molar-refractivity contribution >= 4 is 22.9 Å². The van der Waals surface area contributed by atoms with E-state index in [2.05, 4.69) is 0 Å². The monoisotopic (exact) mass is 306 g/mol. The average molecular weight is 306 g/mol. The Labute approximate surface area is 134 Å². The van der Waals surface area contributed by atoms with Gasteiger partial charge in [-0.25, -0.2) is 0 Å². The molecule has 0 aliphatic heterocycles. The van der Waals surface area contributed by atoms with E-state index in [9.17, 15) is 4.79 Å². The van der Waals surface area contributed by atoms with Crippen LogP contribution in [0.2, 0.25) is 0 Å². The van der Waals surface area contributed by atoms with E-state index in [0.29, 0.717) is 5.88 Å². The highest BCUT2D eigenvalue weighted by atomic mass is 16.5. The standard InChI is InChI=1S/C19H18N2O2/c1-13-7-9-14(10-8-13)23-19-16(11-12-18(20)22)15-5-3-4-6-17(15)21(19)2/h3-12H,1-2H3,(H2,20,22)/b12-11+. The van der Waals surface area contributed by atoms with Gasteiger partial charge < -0.3 is 15.0 Å². The van der Waals surface area contributed by atoms with Gasteiger partial charge in [0.05, 0.1) is 5.52 Å². The lowest BCUT2D eigenvalue weighted by atomic mass is 10.1. The highest BCUT2D eigenvalue weighted by Gasteiger charge is 2.15. The third-order valence-corrected chi connectivity index (χ3v) is 3.74. The van der Waals surface area contributed by atoms with Crippen LogP contribution in [0, 0.1) is 6.92 Å². The van der Waals surface area contributed by atoms with E-state index in [4.69, 9.17) is 10.5 Å². The van der Waals surface area contributed by atoms with Crippen LogP contribution in [0.3, 0.4) is 0 Å². The van der Waals surface area contributed by atoms with Crippen molar-refractivity contribution in [2.45, 2.75) is 6.92 Å². The lowest BCUT2D eigenvalue weighted by Gasteiger charge is -2.09. The number of carbonyl (C=O) groups excluding carboxylic acids is 1. The van der Waals surface area contributed by atoms with E-state index in [1.54, 1.807) is 6.08 Å². The number of amides is 1. The zero-order valence-corrected chi connectivity index (χ0v) is 13.1. The van der Waals surface area contributed by atoms with E-state index in [0.717, 1.165) is 22.2 Å². The molecule has 0 atom stereocenters. The van der Waals surface area contributed by atoms with E-state index < -0.39 is 5.91 Å². The van der Waals surface area contributed by atoms with Crippen molar-refractivity contribution in [3.05, 3.63) is 65.7 Å². The number of benzene rings is 2. The summed E-state index contributed by atoms with van der Waals surface area (Å²) >= 11 is 0. The number of carbonyl (C=O) groups is 1. The van der Waals surface area contributed by atoms with Gasteiger partial charge in [-0.05, 0) is 31.2 Å². The van der Waals surface area contributed by atoms with Gasteiger partial charge in [-0.3, -0.25) is 4.79 Å². The molecule has 2 N–H and O–H groups in total. The molecule has 0 spiro atoms. The minimum Gasteiger partial charge on any atom is -0.440 e. The fraction of sp³-hybridized carbons (Fsp3) is 0.105. The molecule has 1 heterocycles. The maximum absolute atomic E-state index is 11.1. The van der Waals surface area contributed by atoms with Crippen LogP contribution in [0.1, 0.15) is 11.1 Å². The van der Waals surface area contributed by atoms with Crippen LogP contribution < -0.4 is 10.5 Å². The molecule has 4 heteroatoms. The molecule has 0 bridgehead atoms. The normalized spacial score (nSPS) is 11.2. The lowest BCUT2D eigenvalue weighted by Crippen LogP contribution is -2.05. The molecule has 1 aromatic heterocycles. The van der Waals surface area contributed by atoms with E-state index in [1.165, 1.54) is 11.6 Å². The number of nitrogens with zero attached hydrogens (tertiary/aromatic N) is 1. The third kappa shape index (κ3) is 2.97. The second kappa shape index (κ2) is 6.01. The van der Waals surface area contributed by atoms with Crippen molar-refractivity contribution in [3.8, 4) is 11.6 Å². The topological polar surface area (TPSA) is 57.2 Å². The van der Waals surface area contributed by atoms with Crippen LogP contribution >= 0.6 is 0 Å². The fourth-order valence-corrected chi connectivity index (χ4v) is 2.57. The van der Waals surface area contributed by atoms with Crippen LogP contribution in [0.25, 0.3) is 17.0 Å². The predicted octanol–water partition coefficient (Wildman–Crippen LogP) is 3.78. The number of primary amides is 1. The summed E-state index contributed by atoms with van der Waals surface area (Å²) in [7, 11) is 1.94. The number of nitrogens with two attached hydrogens (primary N) is 1. The molecule has 0 unspecified atom stereocenters. The molecule has 23 heavy (non-hydrogen) atoms. The Morgan fingerprint density at radius 2 is 1.83 bits per heavy atom. The number of hydrogen-bond acceptors (Lipinski definition) is 2. The highest BCUT2D eigenvalue weighted by molar-refractivity contribution is 5.97. The molecule has 3 aromatic rings. The highest BCUT2D eigenvalue weighted by Crippen LogP contribution is 2.35. The van der Waals surface area contributed by atoms with Crippen molar-refractivity contribution in [3.63, 3.8) is 0 Å². The Hall–Kier alpha value is -3.01. The van der Waals surface area contributed by atoms with Crippen LogP contribution in [0.15, 0.2) is 54.6 Å². The van der Waals surface area contributed by atoms with Crippen molar-refractivity contribution < 1.29 is 9.53 Å². The summed E-state index contributed by atoms with van der Waals surface area (Å²) in [5.41, 5.74) is 8.27. The first-order chi connectivity index (χ1) is 11.1. The van der Waals surface area contributed by atoms with Gasteiger partial charge >= 0.3 is 0 Å². The molecule has 3 rings (SSSR count). The van der Waals surface area contributed by atoms with Gasteiger partial charge in [0, 0.05) is 24.1 Å². The summed E-state index contributed by atoms with van der Waals surface area (Å²) in [4.78, 5) is 11.1. The quantitative estimate of drug-likeness (QED) is 0.746. The smallest absolute Gasteiger partial charge is 0.241 e. The van der Waals surface area contributed by atoms with E-state index in [-0.39, 0.29) is 0 Å². The Kier molecular flexibility index (Phi) is 3.89. The number of rotatable bonds is 4. The number of aryl methyl sites for hydroxylation is 2. The van der Waals surface area contributed by atoms with Crippen LogP contribution in [0.4, 0.5) is 0 Å². The molecule has 0 aliphatic rings. The zero-order valence-electron chi connectivity index (χ0n) is 13.1. The Bertz CT molecular complexity index is 890. The van der Waals surface area contributed by atoms with Crippen LogP contribution in [-0.2, 0) is 11.8 Å². The molecule has 1 amide bonds. The average Bonchev–Trinajstić information content (AvgIpc) is 2.80. The molecule has 0 aliphatic carbocycles. The summed E-state index contributed by atoms with van der Waals surface area (Å²) in [5.74, 6) is 0.932. The predicted molar refractivity (Wildman–Crippen MR) is 92.4 cm³/mol. The Morgan fingerprint density at radius 1 is 1.13 bits per heavy atom. The number of aromatic nitrogens is 1. The van der Waals surface area contributed by atoms with Crippen molar-refractivity contribution in [1.29, 1.82) is 0 Å². The molecular formula is C19H18N2O2. The number of fused-ring (bicyclic) bond motifs is 1. The summed E-state index contributed by atoms with van der Waals surface area (Å²) in [6.45, 7) is 2.03. The molecule has 116 valence electrons. The summed E-state index contributed by atoms with van der Waals surface area (Å²) in [6, 6.07) is 15.8. The number of ether oxygens (including phenoxy) is 1. The van der Waals surface area contributed by atoms with Gasteiger partial charge in [0.1, 0.15) is 5.75 Å². The number of para-hydroxylation sites is 1. The van der Waals surface area contributed by atoms with Crippen molar-refractivity contribution in [2.75, 3.05) is 0 Å². The SMILES string of the molecule is Cc1ccc(Oc2c(/C=C/C(N)=O)c3ccccc3n2C)cc1. The zero-order chi connectivity index (χ0) is 16.4. The van der Waals surface area contributed by atoms with Crippen molar-refractivity contribution in [2.24, 2.45) is 12.8 Å². The maximum atomic E-state index is 11.1. The maximum Gasteiger partial charge on any atom is 0.241 e. The van der Waals surface area contributed by atoms with Crippen molar-refractivity contribution in [1.82, 2.24) is 4.57 Å². The first kappa shape index (κ1) is 14.9. The molecule has 0 fully saturated rings. The van der Waals surface area contributed by atoms with Crippen LogP contribution in [-0.4, -0.2) is 10.5 Å². The third-order valence-electron chi connectivity index (χ3n) is 3.74. The molecule has 0 radical (unpaired) electrons. The molecule has 0 saturated heterocycles. The minimum absolute atomic E-state index is 0.487. The molecule has 2 aromatic carbocycles. The first-order valence-corrected chi connectivity index (χ1v) is 7.35. The minimum atomic E-state index is -0.487. The molecule has 4 nitrogen and oxygen atoms in total. The van der Waals surface area contributed by atoms with Gasteiger partial charge in [0.2, 0.25) is 11.8 Å². The lowest BCUT2D eigenvalue weighted by molar-refractivity contribution is -0.113. The summed E-state index contributed by atoms with van der Waals surface area (Å²) in [6.07, 6.45) is 3.05. The van der Waals surface area contributed by atoms with Gasteiger partial charge in [-0.2, -0.15) is 0 Å². The molecular weight excluding hydrogens is 288 g/mol. The van der Waals surface area contributed by atoms with Crippen LogP contribution in [0.5, 0.6) is 11.6 Å². The second-order valence-corrected chi connectivity index (χ2v) is 5.45. The number of hydrogen-bond donors (Lipinski definition) is 1. The second-order valence-electron chi connectivity index (χ2n) is 5.45. The molecule has 0 saturated carbocycles. The fourth-order valence-electron chi connectivity index (χ4n) is 2.57. The first-order valence-electron chi connectivity index (χ1n) is 7.35. The van der Waals surface area contributed by atoms with Gasteiger partial charge in [-0.15, -0.1) is 0 Å². The van der Waals surface area contributed by atoms with Gasteiger partial charge in [0.25, 0.3) is 0 Å². The Balaban J connectivity index is 2.13. The Morgan fingerprint density at radius 3 is 2.52 bits per heavy atom. The van der Waals surface area contributed by atoms with E-state index >= 15 is 0 Å². The van der Waals surface area contributed by atoms with Gasteiger partial charge in [0.15, 0.2) is 0 Å². The van der Waals surface area contributed by atoms with Gasteiger partial charge in [-0.1, -0.05) is 35.9 Å². The summed E-state index contributed by atoms with van der Waals surface area (Å²) in [5, 5.41) is 1.01. The van der Waals surface area contributed by atoms with E-state index in [1.807, 2.05) is 67.1 Å².